The molecule has 0 radical (unpaired) electrons. The van der Waals surface area contributed by atoms with Gasteiger partial charge in [-0.2, -0.15) is 5.10 Å². The summed E-state index contributed by atoms with van der Waals surface area (Å²) in [5.41, 5.74) is 0.159. The Hall–Kier alpha value is -2.44. The SMILES string of the molecule is Cn1cnc(CCNc2ncccc2C(=O)O)n1. The summed E-state index contributed by atoms with van der Waals surface area (Å²) in [6.45, 7) is 0.529. The van der Waals surface area contributed by atoms with Gasteiger partial charge in [-0.15, -0.1) is 0 Å². The van der Waals surface area contributed by atoms with Gasteiger partial charge in [0.2, 0.25) is 0 Å². The Balaban J connectivity index is 1.96. The van der Waals surface area contributed by atoms with Crippen molar-refractivity contribution in [2.75, 3.05) is 11.9 Å². The number of aryl methyl sites for hydroxylation is 1. The Bertz CT molecular complexity index is 552. The van der Waals surface area contributed by atoms with Gasteiger partial charge in [0.15, 0.2) is 5.82 Å². The van der Waals surface area contributed by atoms with Gasteiger partial charge >= 0.3 is 5.97 Å². The smallest absolute Gasteiger partial charge is 0.339 e. The third-order valence-electron chi connectivity index (χ3n) is 2.33. The molecule has 0 aliphatic rings. The third kappa shape index (κ3) is 2.82. The number of rotatable bonds is 5. The summed E-state index contributed by atoms with van der Waals surface area (Å²) in [6, 6.07) is 3.10. The van der Waals surface area contributed by atoms with Crippen LogP contribution in [-0.2, 0) is 13.5 Å². The third-order valence-corrected chi connectivity index (χ3v) is 2.33. The van der Waals surface area contributed by atoms with Crippen molar-refractivity contribution in [1.82, 2.24) is 19.7 Å². The van der Waals surface area contributed by atoms with Crippen LogP contribution in [0, 0.1) is 0 Å². The molecule has 0 aromatic carbocycles. The molecule has 2 rings (SSSR count). The fourth-order valence-electron chi connectivity index (χ4n) is 1.51. The molecule has 18 heavy (non-hydrogen) atoms. The molecule has 0 saturated carbocycles. The molecule has 0 aliphatic heterocycles. The van der Waals surface area contributed by atoms with Crippen LogP contribution in [0.25, 0.3) is 0 Å². The van der Waals surface area contributed by atoms with Crippen LogP contribution in [-0.4, -0.2) is 37.4 Å². The number of anilines is 1. The van der Waals surface area contributed by atoms with Crippen molar-refractivity contribution in [3.63, 3.8) is 0 Å². The topological polar surface area (TPSA) is 92.9 Å². The summed E-state index contributed by atoms with van der Waals surface area (Å²) in [5, 5.41) is 16.1. The zero-order valence-electron chi connectivity index (χ0n) is 9.87. The van der Waals surface area contributed by atoms with Gasteiger partial charge in [0, 0.05) is 26.2 Å². The number of hydrogen-bond donors (Lipinski definition) is 2. The van der Waals surface area contributed by atoms with Crippen molar-refractivity contribution in [3.8, 4) is 0 Å². The summed E-state index contributed by atoms with van der Waals surface area (Å²) < 4.78 is 1.62. The largest absolute Gasteiger partial charge is 0.478 e. The second-order valence-corrected chi connectivity index (χ2v) is 3.72. The number of aromatic carboxylic acids is 1. The van der Waals surface area contributed by atoms with Crippen LogP contribution < -0.4 is 5.32 Å². The Kier molecular flexibility index (Phi) is 3.52. The second-order valence-electron chi connectivity index (χ2n) is 3.72. The van der Waals surface area contributed by atoms with Crippen LogP contribution in [0.1, 0.15) is 16.2 Å². The lowest BCUT2D eigenvalue weighted by molar-refractivity contribution is 0.0697. The molecule has 0 saturated heterocycles. The summed E-state index contributed by atoms with van der Waals surface area (Å²) >= 11 is 0. The van der Waals surface area contributed by atoms with Gasteiger partial charge in [0.1, 0.15) is 17.7 Å². The standard InChI is InChI=1S/C11H13N5O2/c1-16-7-14-9(15-16)4-6-13-10-8(11(17)18)3-2-5-12-10/h2-3,5,7H,4,6H2,1H3,(H,12,13)(H,17,18). The minimum Gasteiger partial charge on any atom is -0.478 e. The van der Waals surface area contributed by atoms with Crippen LogP contribution in [0.2, 0.25) is 0 Å². The highest BCUT2D eigenvalue weighted by molar-refractivity contribution is 5.92. The first-order valence-corrected chi connectivity index (χ1v) is 5.43. The van der Waals surface area contributed by atoms with Gasteiger partial charge in [-0.05, 0) is 12.1 Å². The van der Waals surface area contributed by atoms with Crippen LogP contribution in [0.4, 0.5) is 5.82 Å². The molecule has 7 nitrogen and oxygen atoms in total. The lowest BCUT2D eigenvalue weighted by atomic mass is 10.2. The first-order valence-electron chi connectivity index (χ1n) is 5.43. The Labute approximate surface area is 104 Å². The van der Waals surface area contributed by atoms with Gasteiger partial charge in [-0.1, -0.05) is 0 Å². The Morgan fingerprint density at radius 1 is 1.50 bits per heavy atom. The van der Waals surface area contributed by atoms with Crippen LogP contribution >= 0.6 is 0 Å². The molecule has 0 atom stereocenters. The van der Waals surface area contributed by atoms with E-state index in [4.69, 9.17) is 5.11 Å². The summed E-state index contributed by atoms with van der Waals surface area (Å²) in [6.07, 6.45) is 3.78. The molecule has 0 amide bonds. The molecule has 94 valence electrons. The van der Waals surface area contributed by atoms with E-state index in [1.54, 1.807) is 30.3 Å². The molecule has 2 N–H and O–H groups in total. The fraction of sp³-hybridized carbons (Fsp3) is 0.273. The predicted molar refractivity (Wildman–Crippen MR) is 64.4 cm³/mol. The minimum atomic E-state index is -0.999. The zero-order valence-corrected chi connectivity index (χ0v) is 9.87. The van der Waals surface area contributed by atoms with E-state index in [1.807, 2.05) is 0 Å². The molecular weight excluding hydrogens is 234 g/mol. The maximum absolute atomic E-state index is 11.0. The maximum atomic E-state index is 11.0. The van der Waals surface area contributed by atoms with Crippen molar-refractivity contribution in [3.05, 3.63) is 36.0 Å². The Morgan fingerprint density at radius 3 is 3.00 bits per heavy atom. The first-order chi connectivity index (χ1) is 8.66. The molecule has 0 bridgehead atoms. The number of carboxylic acids is 1. The monoisotopic (exact) mass is 247 g/mol. The number of carbonyl (C=O) groups is 1. The van der Waals surface area contributed by atoms with Gasteiger partial charge in [-0.3, -0.25) is 4.68 Å². The average molecular weight is 247 g/mol. The van der Waals surface area contributed by atoms with Crippen LogP contribution in [0.5, 0.6) is 0 Å². The molecule has 0 fully saturated rings. The van der Waals surface area contributed by atoms with E-state index in [1.165, 1.54) is 6.07 Å². The van der Waals surface area contributed by atoms with E-state index in [-0.39, 0.29) is 5.56 Å². The number of nitrogens with zero attached hydrogens (tertiary/aromatic N) is 4. The summed E-state index contributed by atoms with van der Waals surface area (Å²) in [5.74, 6) is 0.0697. The van der Waals surface area contributed by atoms with Crippen molar-refractivity contribution < 1.29 is 9.90 Å². The highest BCUT2D eigenvalue weighted by Crippen LogP contribution is 2.10. The second kappa shape index (κ2) is 5.26. The van der Waals surface area contributed by atoms with Gasteiger partial charge in [0.25, 0.3) is 0 Å². The molecule has 2 aromatic rings. The zero-order chi connectivity index (χ0) is 13.0. The van der Waals surface area contributed by atoms with E-state index >= 15 is 0 Å². The molecular formula is C11H13N5O2. The highest BCUT2D eigenvalue weighted by Gasteiger charge is 2.09. The van der Waals surface area contributed by atoms with E-state index in [0.29, 0.717) is 24.6 Å². The molecule has 2 aromatic heterocycles. The van der Waals surface area contributed by atoms with E-state index in [9.17, 15) is 4.79 Å². The summed E-state index contributed by atoms with van der Waals surface area (Å²) in [4.78, 5) is 19.0. The lowest BCUT2D eigenvalue weighted by Crippen LogP contribution is -2.11. The van der Waals surface area contributed by atoms with Gasteiger partial charge in [0.05, 0.1) is 0 Å². The number of aromatic nitrogens is 4. The van der Waals surface area contributed by atoms with Crippen molar-refractivity contribution in [1.29, 1.82) is 0 Å². The normalized spacial score (nSPS) is 10.3. The van der Waals surface area contributed by atoms with Crippen LogP contribution in [0.15, 0.2) is 24.7 Å². The maximum Gasteiger partial charge on any atom is 0.339 e. The fourth-order valence-corrected chi connectivity index (χ4v) is 1.51. The van der Waals surface area contributed by atoms with Crippen molar-refractivity contribution >= 4 is 11.8 Å². The number of hydrogen-bond acceptors (Lipinski definition) is 5. The molecule has 2 heterocycles. The molecule has 0 aliphatic carbocycles. The number of carboxylic acid groups (broad SMARTS) is 1. The lowest BCUT2D eigenvalue weighted by Gasteiger charge is -2.06. The first kappa shape index (κ1) is 12.0. The quantitative estimate of drug-likeness (QED) is 0.802. The molecule has 0 unspecified atom stereocenters. The molecule has 7 heteroatoms. The highest BCUT2D eigenvalue weighted by atomic mass is 16.4. The number of pyridine rings is 1. The molecule has 0 spiro atoms. The Morgan fingerprint density at radius 2 is 2.33 bits per heavy atom. The van der Waals surface area contributed by atoms with Crippen molar-refractivity contribution in [2.45, 2.75) is 6.42 Å². The van der Waals surface area contributed by atoms with Crippen LogP contribution in [0.3, 0.4) is 0 Å². The average Bonchev–Trinajstić information content (AvgIpc) is 2.75. The van der Waals surface area contributed by atoms with Crippen molar-refractivity contribution in [2.24, 2.45) is 7.05 Å². The van der Waals surface area contributed by atoms with E-state index in [0.717, 1.165) is 0 Å². The van der Waals surface area contributed by atoms with E-state index in [2.05, 4.69) is 20.4 Å². The van der Waals surface area contributed by atoms with Gasteiger partial charge < -0.3 is 10.4 Å². The van der Waals surface area contributed by atoms with E-state index < -0.39 is 5.97 Å². The predicted octanol–water partition coefficient (Wildman–Crippen LogP) is 0.563. The minimum absolute atomic E-state index is 0.159. The summed E-state index contributed by atoms with van der Waals surface area (Å²) in [7, 11) is 1.80. The number of nitrogens with one attached hydrogen (secondary N) is 1. The van der Waals surface area contributed by atoms with Gasteiger partial charge in [-0.25, -0.2) is 14.8 Å².